The number of nitrogens with zero attached hydrogens (tertiary/aromatic N) is 2. The quantitative estimate of drug-likeness (QED) is 0.573. The lowest BCUT2D eigenvalue weighted by atomic mass is 9.85. The molecule has 2 amide bonds. The van der Waals surface area contributed by atoms with E-state index in [-0.39, 0.29) is 23.6 Å². The van der Waals surface area contributed by atoms with Crippen LogP contribution in [0.3, 0.4) is 0 Å². The summed E-state index contributed by atoms with van der Waals surface area (Å²) in [5.41, 5.74) is 0.704. The highest BCUT2D eigenvalue weighted by Crippen LogP contribution is 2.49. The SMILES string of the molecule is O=C(c1ccc(F)cc1)[C@@H]1[C@@H]2C(=O)N(c3ccccc3Cl)C(=O)[C@H]2[C@H]2CCCN21. The topological polar surface area (TPSA) is 57.7 Å². The Morgan fingerprint density at radius 2 is 1.69 bits per heavy atom. The maximum atomic E-state index is 13.4. The van der Waals surface area contributed by atoms with Crippen molar-refractivity contribution in [3.8, 4) is 0 Å². The largest absolute Gasteiger partial charge is 0.292 e. The van der Waals surface area contributed by atoms with Crippen LogP contribution in [0.1, 0.15) is 23.2 Å². The number of benzene rings is 2. The fraction of sp³-hybridized carbons (Fsp3) is 0.318. The number of anilines is 1. The Kier molecular flexibility index (Phi) is 4.29. The Balaban J connectivity index is 1.56. The highest BCUT2D eigenvalue weighted by molar-refractivity contribution is 6.36. The second-order valence-corrected chi connectivity index (χ2v) is 8.19. The molecule has 29 heavy (non-hydrogen) atoms. The number of carbonyl (C=O) groups excluding carboxylic acids is 3. The molecule has 5 nitrogen and oxygen atoms in total. The minimum absolute atomic E-state index is 0.140. The summed E-state index contributed by atoms with van der Waals surface area (Å²) in [4.78, 5) is 43.2. The van der Waals surface area contributed by atoms with Gasteiger partial charge in [-0.25, -0.2) is 9.29 Å². The molecule has 4 atom stereocenters. The molecule has 148 valence electrons. The minimum Gasteiger partial charge on any atom is -0.292 e. The summed E-state index contributed by atoms with van der Waals surface area (Å²) in [6.45, 7) is 0.669. The van der Waals surface area contributed by atoms with Crippen molar-refractivity contribution in [2.24, 2.45) is 11.8 Å². The third-order valence-corrected chi connectivity index (χ3v) is 6.66. The van der Waals surface area contributed by atoms with Gasteiger partial charge in [-0.15, -0.1) is 0 Å². The molecule has 5 rings (SSSR count). The molecule has 0 saturated carbocycles. The summed E-state index contributed by atoms with van der Waals surface area (Å²) in [5.74, 6) is -2.66. The molecule has 0 spiro atoms. The van der Waals surface area contributed by atoms with E-state index < -0.39 is 23.7 Å². The molecule has 0 N–H and O–H groups in total. The third-order valence-electron chi connectivity index (χ3n) is 6.34. The number of amides is 2. The van der Waals surface area contributed by atoms with E-state index in [1.165, 1.54) is 24.3 Å². The van der Waals surface area contributed by atoms with Gasteiger partial charge in [0.15, 0.2) is 5.78 Å². The molecule has 0 radical (unpaired) electrons. The predicted octanol–water partition coefficient (Wildman–Crippen LogP) is 3.31. The maximum Gasteiger partial charge on any atom is 0.239 e. The lowest BCUT2D eigenvalue weighted by Gasteiger charge is -2.27. The highest BCUT2D eigenvalue weighted by Gasteiger charge is 2.64. The summed E-state index contributed by atoms with van der Waals surface area (Å²) in [5, 5.41) is 0.318. The van der Waals surface area contributed by atoms with Crippen LogP contribution in [-0.2, 0) is 9.59 Å². The van der Waals surface area contributed by atoms with Gasteiger partial charge in [0.1, 0.15) is 5.82 Å². The minimum atomic E-state index is -0.748. The van der Waals surface area contributed by atoms with Crippen molar-refractivity contribution in [3.63, 3.8) is 0 Å². The second kappa shape index (κ2) is 6.75. The van der Waals surface area contributed by atoms with E-state index in [1.54, 1.807) is 24.3 Å². The van der Waals surface area contributed by atoms with E-state index >= 15 is 0 Å². The lowest BCUT2D eigenvalue weighted by molar-refractivity contribution is -0.123. The van der Waals surface area contributed by atoms with E-state index in [0.29, 0.717) is 22.8 Å². The molecule has 3 heterocycles. The van der Waals surface area contributed by atoms with Gasteiger partial charge in [0, 0.05) is 11.6 Å². The van der Waals surface area contributed by atoms with Crippen molar-refractivity contribution >= 4 is 34.9 Å². The second-order valence-electron chi connectivity index (χ2n) is 7.78. The van der Waals surface area contributed by atoms with Crippen molar-refractivity contribution < 1.29 is 18.8 Å². The Morgan fingerprint density at radius 3 is 2.41 bits per heavy atom. The number of imide groups is 1. The number of para-hydroxylation sites is 1. The van der Waals surface area contributed by atoms with E-state index in [1.807, 2.05) is 4.90 Å². The lowest BCUT2D eigenvalue weighted by Crippen LogP contribution is -2.46. The smallest absolute Gasteiger partial charge is 0.239 e. The van der Waals surface area contributed by atoms with Crippen molar-refractivity contribution in [1.82, 2.24) is 4.90 Å². The zero-order valence-corrected chi connectivity index (χ0v) is 16.2. The Morgan fingerprint density at radius 1 is 1.00 bits per heavy atom. The van der Waals surface area contributed by atoms with Crippen LogP contribution in [0.4, 0.5) is 10.1 Å². The van der Waals surface area contributed by atoms with E-state index in [2.05, 4.69) is 0 Å². The first-order chi connectivity index (χ1) is 14.0. The number of rotatable bonds is 3. The number of fused-ring (bicyclic) bond motifs is 3. The fourth-order valence-corrected chi connectivity index (χ4v) is 5.39. The number of halogens is 2. The van der Waals surface area contributed by atoms with Crippen molar-refractivity contribution in [2.45, 2.75) is 24.9 Å². The van der Waals surface area contributed by atoms with Crippen molar-refractivity contribution in [2.75, 3.05) is 11.4 Å². The molecule has 0 aliphatic carbocycles. The third kappa shape index (κ3) is 2.66. The molecule has 0 unspecified atom stereocenters. The number of ketones is 1. The average Bonchev–Trinajstić information content (AvgIpc) is 3.35. The van der Waals surface area contributed by atoms with Crippen molar-refractivity contribution in [3.05, 3.63) is 64.9 Å². The summed E-state index contributed by atoms with van der Waals surface area (Å²) in [6.07, 6.45) is 1.64. The van der Waals surface area contributed by atoms with Crippen LogP contribution in [0, 0.1) is 17.7 Å². The van der Waals surface area contributed by atoms with Gasteiger partial charge in [0.05, 0.1) is 28.6 Å². The number of Topliss-reactive ketones (excluding diaryl/α,β-unsaturated/α-hetero) is 1. The zero-order valence-electron chi connectivity index (χ0n) is 15.4. The van der Waals surface area contributed by atoms with Crippen LogP contribution in [0.5, 0.6) is 0 Å². The number of carbonyl (C=O) groups is 3. The fourth-order valence-electron chi connectivity index (χ4n) is 5.17. The number of hydrogen-bond acceptors (Lipinski definition) is 4. The van der Waals surface area contributed by atoms with Gasteiger partial charge in [-0.2, -0.15) is 0 Å². The van der Waals surface area contributed by atoms with Crippen LogP contribution in [0.15, 0.2) is 48.5 Å². The molecule has 7 heteroatoms. The van der Waals surface area contributed by atoms with E-state index in [9.17, 15) is 18.8 Å². The van der Waals surface area contributed by atoms with Crippen LogP contribution in [-0.4, -0.2) is 41.1 Å². The van der Waals surface area contributed by atoms with Crippen LogP contribution >= 0.6 is 11.6 Å². The van der Waals surface area contributed by atoms with Gasteiger partial charge in [0.25, 0.3) is 0 Å². The van der Waals surface area contributed by atoms with E-state index in [0.717, 1.165) is 17.7 Å². The molecular formula is C22H18ClFN2O3. The van der Waals surface area contributed by atoms with Gasteiger partial charge >= 0.3 is 0 Å². The van der Waals surface area contributed by atoms with Gasteiger partial charge < -0.3 is 0 Å². The molecular weight excluding hydrogens is 395 g/mol. The maximum absolute atomic E-state index is 13.4. The molecule has 0 aromatic heterocycles. The van der Waals surface area contributed by atoms with Gasteiger partial charge in [-0.05, 0) is 55.8 Å². The Bertz CT molecular complexity index is 1020. The molecule has 2 aromatic rings. The summed E-state index contributed by atoms with van der Waals surface area (Å²) in [7, 11) is 0. The summed E-state index contributed by atoms with van der Waals surface area (Å²) >= 11 is 6.25. The summed E-state index contributed by atoms with van der Waals surface area (Å²) in [6, 6.07) is 11.2. The first-order valence-electron chi connectivity index (χ1n) is 9.67. The molecule has 3 aliphatic heterocycles. The highest BCUT2D eigenvalue weighted by atomic mass is 35.5. The Labute approximate surface area is 172 Å². The normalized spacial score (nSPS) is 28.7. The monoisotopic (exact) mass is 412 g/mol. The first-order valence-corrected chi connectivity index (χ1v) is 10.0. The van der Waals surface area contributed by atoms with Gasteiger partial charge in [-0.1, -0.05) is 23.7 Å². The Hall–Kier alpha value is -2.57. The molecule has 2 aromatic carbocycles. The summed E-state index contributed by atoms with van der Waals surface area (Å²) < 4.78 is 13.3. The molecule has 3 saturated heterocycles. The molecule has 0 bridgehead atoms. The zero-order chi connectivity index (χ0) is 20.3. The van der Waals surface area contributed by atoms with Crippen molar-refractivity contribution in [1.29, 1.82) is 0 Å². The first kappa shape index (κ1) is 18.5. The number of hydrogen-bond donors (Lipinski definition) is 0. The van der Waals surface area contributed by atoms with E-state index in [4.69, 9.17) is 11.6 Å². The van der Waals surface area contributed by atoms with Crippen LogP contribution < -0.4 is 4.90 Å². The van der Waals surface area contributed by atoms with Gasteiger partial charge in [0.2, 0.25) is 11.8 Å². The standard InChI is InChI=1S/C22H18ClFN2O3/c23-14-4-1-2-5-15(14)26-21(28)17-16-6-3-11-25(16)19(18(17)22(26)29)20(27)12-7-9-13(24)10-8-12/h1-2,4-5,7-10,16-19H,3,6,11H2/t16-,17+,18-,19+/m1/s1. The molecule has 3 aliphatic rings. The van der Waals surface area contributed by atoms with Crippen LogP contribution in [0.25, 0.3) is 0 Å². The average molecular weight is 413 g/mol. The molecule has 3 fully saturated rings. The predicted molar refractivity (Wildman–Crippen MR) is 105 cm³/mol. The van der Waals surface area contributed by atoms with Gasteiger partial charge in [-0.3, -0.25) is 19.3 Å². The van der Waals surface area contributed by atoms with Crippen LogP contribution in [0.2, 0.25) is 5.02 Å².